The highest BCUT2D eigenvalue weighted by atomic mass is 16.5. The summed E-state index contributed by atoms with van der Waals surface area (Å²) < 4.78 is 9.60. The Labute approximate surface area is 106 Å². The van der Waals surface area contributed by atoms with Crippen LogP contribution in [-0.2, 0) is 9.53 Å². The molecule has 1 N–H and O–H groups in total. The van der Waals surface area contributed by atoms with Crippen LogP contribution >= 0.6 is 0 Å². The second-order valence-corrected chi connectivity index (χ2v) is 3.69. The molecule has 1 unspecified atom stereocenters. The minimum Gasteiger partial charge on any atom is -0.497 e. The van der Waals surface area contributed by atoms with E-state index >= 15 is 0 Å². The second-order valence-electron chi connectivity index (χ2n) is 3.69. The maximum Gasteiger partial charge on any atom is 0.328 e. The molecule has 0 spiro atoms. The highest BCUT2D eigenvalue weighted by Crippen LogP contribution is 2.11. The van der Waals surface area contributed by atoms with Crippen LogP contribution in [-0.4, -0.2) is 32.1 Å². The molecule has 0 aliphatic heterocycles. The molecule has 1 amide bonds. The number of benzene rings is 1. The van der Waals surface area contributed by atoms with Crippen LogP contribution < -0.4 is 10.1 Å². The summed E-state index contributed by atoms with van der Waals surface area (Å²) in [6, 6.07) is 6.03. The van der Waals surface area contributed by atoms with Crippen molar-refractivity contribution < 1.29 is 19.1 Å². The molecule has 18 heavy (non-hydrogen) atoms. The molecule has 0 fully saturated rings. The van der Waals surface area contributed by atoms with Crippen LogP contribution in [0.4, 0.5) is 0 Å². The minimum atomic E-state index is -0.621. The van der Waals surface area contributed by atoms with E-state index in [9.17, 15) is 9.59 Å². The molecule has 0 aliphatic rings. The number of hydrogen-bond donors (Lipinski definition) is 1. The van der Waals surface area contributed by atoms with Gasteiger partial charge in [0, 0.05) is 5.56 Å². The van der Waals surface area contributed by atoms with Crippen molar-refractivity contribution in [3.63, 3.8) is 0 Å². The fourth-order valence-electron chi connectivity index (χ4n) is 1.45. The molecular weight excluding hydrogens is 234 g/mol. The predicted molar refractivity (Wildman–Crippen MR) is 66.6 cm³/mol. The van der Waals surface area contributed by atoms with Gasteiger partial charge < -0.3 is 14.8 Å². The van der Waals surface area contributed by atoms with E-state index in [1.165, 1.54) is 7.11 Å². The summed E-state index contributed by atoms with van der Waals surface area (Å²) in [5.74, 6) is -0.0826. The van der Waals surface area contributed by atoms with Crippen molar-refractivity contribution in [1.29, 1.82) is 0 Å². The largest absolute Gasteiger partial charge is 0.497 e. The van der Waals surface area contributed by atoms with Crippen molar-refractivity contribution >= 4 is 11.9 Å². The number of nitrogens with one attached hydrogen (secondary N) is 1. The van der Waals surface area contributed by atoms with Gasteiger partial charge in [-0.15, -0.1) is 0 Å². The predicted octanol–water partition coefficient (Wildman–Crippen LogP) is 1.38. The zero-order valence-corrected chi connectivity index (χ0v) is 10.7. The average Bonchev–Trinajstić information content (AvgIpc) is 2.43. The smallest absolute Gasteiger partial charge is 0.328 e. The number of rotatable bonds is 5. The van der Waals surface area contributed by atoms with Gasteiger partial charge in [0.2, 0.25) is 0 Å². The lowest BCUT2D eigenvalue weighted by Gasteiger charge is -2.14. The van der Waals surface area contributed by atoms with E-state index in [0.29, 0.717) is 17.7 Å². The van der Waals surface area contributed by atoms with Crippen LogP contribution in [0.2, 0.25) is 0 Å². The van der Waals surface area contributed by atoms with Gasteiger partial charge in [-0.3, -0.25) is 4.79 Å². The van der Waals surface area contributed by atoms with Crippen molar-refractivity contribution in [2.45, 2.75) is 19.4 Å². The first-order valence-electron chi connectivity index (χ1n) is 5.65. The van der Waals surface area contributed by atoms with Gasteiger partial charge in [-0.25, -0.2) is 4.79 Å². The Balaban J connectivity index is 2.71. The molecule has 0 radical (unpaired) electrons. The number of methoxy groups -OCH3 is 2. The number of carbonyl (C=O) groups excluding carboxylic acids is 2. The highest BCUT2D eigenvalue weighted by Gasteiger charge is 2.19. The molecule has 0 aromatic heterocycles. The molecule has 0 bridgehead atoms. The maximum absolute atomic E-state index is 11.9. The highest BCUT2D eigenvalue weighted by molar-refractivity contribution is 5.96. The van der Waals surface area contributed by atoms with E-state index < -0.39 is 12.0 Å². The van der Waals surface area contributed by atoms with Gasteiger partial charge in [-0.05, 0) is 30.7 Å². The first kappa shape index (κ1) is 14.0. The molecule has 1 aromatic carbocycles. The number of amides is 1. The normalized spacial score (nSPS) is 11.5. The van der Waals surface area contributed by atoms with Gasteiger partial charge in [-0.2, -0.15) is 0 Å². The third kappa shape index (κ3) is 3.48. The Morgan fingerprint density at radius 1 is 1.22 bits per heavy atom. The van der Waals surface area contributed by atoms with E-state index in [2.05, 4.69) is 10.1 Å². The molecule has 0 saturated heterocycles. The summed E-state index contributed by atoms with van der Waals surface area (Å²) in [5.41, 5.74) is 0.471. The fourth-order valence-corrected chi connectivity index (χ4v) is 1.45. The summed E-state index contributed by atoms with van der Waals surface area (Å²) in [5, 5.41) is 2.62. The lowest BCUT2D eigenvalue weighted by Crippen LogP contribution is -2.40. The summed E-state index contributed by atoms with van der Waals surface area (Å²) in [6.45, 7) is 1.80. The SMILES string of the molecule is CCC(NC(=O)c1ccc(OC)cc1)C(=O)OC. The molecule has 1 rings (SSSR count). The van der Waals surface area contributed by atoms with E-state index in [1.54, 1.807) is 38.3 Å². The average molecular weight is 251 g/mol. The number of carbonyl (C=O) groups is 2. The summed E-state index contributed by atoms with van der Waals surface area (Å²) in [4.78, 5) is 23.2. The topological polar surface area (TPSA) is 64.6 Å². The molecule has 0 saturated carbocycles. The molecule has 98 valence electrons. The Kier molecular flexibility index (Phi) is 5.17. The Morgan fingerprint density at radius 3 is 2.28 bits per heavy atom. The number of hydrogen-bond acceptors (Lipinski definition) is 4. The number of ether oxygens (including phenoxy) is 2. The number of esters is 1. The van der Waals surface area contributed by atoms with Crippen LogP contribution in [0.5, 0.6) is 5.75 Å². The van der Waals surface area contributed by atoms with Crippen molar-refractivity contribution in [3.05, 3.63) is 29.8 Å². The van der Waals surface area contributed by atoms with Gasteiger partial charge in [0.05, 0.1) is 14.2 Å². The lowest BCUT2D eigenvalue weighted by molar-refractivity contribution is -0.142. The van der Waals surface area contributed by atoms with E-state index in [0.717, 1.165) is 0 Å². The van der Waals surface area contributed by atoms with Crippen LogP contribution in [0, 0.1) is 0 Å². The van der Waals surface area contributed by atoms with Gasteiger partial charge in [0.15, 0.2) is 0 Å². The van der Waals surface area contributed by atoms with Gasteiger partial charge in [-0.1, -0.05) is 6.92 Å². The maximum atomic E-state index is 11.9. The fraction of sp³-hybridized carbons (Fsp3) is 0.385. The standard InChI is InChI=1S/C13H17NO4/c1-4-11(13(16)18-3)14-12(15)9-5-7-10(17-2)8-6-9/h5-8,11H,4H2,1-3H3,(H,14,15). The zero-order valence-electron chi connectivity index (χ0n) is 10.7. The van der Waals surface area contributed by atoms with Crippen molar-refractivity contribution in [1.82, 2.24) is 5.32 Å². The summed E-state index contributed by atoms with van der Waals surface area (Å²) in [6.07, 6.45) is 0.481. The molecule has 0 heterocycles. The van der Waals surface area contributed by atoms with Crippen molar-refractivity contribution in [2.24, 2.45) is 0 Å². The summed E-state index contributed by atoms with van der Waals surface area (Å²) >= 11 is 0. The van der Waals surface area contributed by atoms with Crippen molar-refractivity contribution in [3.8, 4) is 5.75 Å². The quantitative estimate of drug-likeness (QED) is 0.803. The molecule has 0 aliphatic carbocycles. The Hall–Kier alpha value is -2.04. The van der Waals surface area contributed by atoms with E-state index in [-0.39, 0.29) is 5.91 Å². The third-order valence-corrected chi connectivity index (χ3v) is 2.55. The van der Waals surface area contributed by atoms with Gasteiger partial charge >= 0.3 is 5.97 Å². The first-order valence-corrected chi connectivity index (χ1v) is 5.65. The van der Waals surface area contributed by atoms with Crippen molar-refractivity contribution in [2.75, 3.05) is 14.2 Å². The Morgan fingerprint density at radius 2 is 1.83 bits per heavy atom. The molecule has 5 heteroatoms. The molecule has 1 atom stereocenters. The molecule has 5 nitrogen and oxygen atoms in total. The van der Waals surface area contributed by atoms with Gasteiger partial charge in [0.25, 0.3) is 5.91 Å². The molecule has 1 aromatic rings. The zero-order chi connectivity index (χ0) is 13.5. The minimum absolute atomic E-state index is 0.310. The van der Waals surface area contributed by atoms with Gasteiger partial charge in [0.1, 0.15) is 11.8 Å². The van der Waals surface area contributed by atoms with E-state index in [4.69, 9.17) is 4.74 Å². The Bertz CT molecular complexity index is 414. The van der Waals surface area contributed by atoms with Crippen LogP contribution in [0.15, 0.2) is 24.3 Å². The second kappa shape index (κ2) is 6.64. The van der Waals surface area contributed by atoms with Crippen LogP contribution in [0.1, 0.15) is 23.7 Å². The third-order valence-electron chi connectivity index (χ3n) is 2.55. The van der Waals surface area contributed by atoms with E-state index in [1.807, 2.05) is 0 Å². The first-order chi connectivity index (χ1) is 8.62. The summed E-state index contributed by atoms with van der Waals surface area (Å²) in [7, 11) is 2.85. The lowest BCUT2D eigenvalue weighted by atomic mass is 10.1. The van der Waals surface area contributed by atoms with Crippen LogP contribution in [0.25, 0.3) is 0 Å². The van der Waals surface area contributed by atoms with Crippen LogP contribution in [0.3, 0.4) is 0 Å². The monoisotopic (exact) mass is 251 g/mol. The molecular formula is C13H17NO4.